The van der Waals surface area contributed by atoms with E-state index in [1.54, 1.807) is 6.07 Å². The van der Waals surface area contributed by atoms with Crippen molar-refractivity contribution in [2.75, 3.05) is 27.2 Å². The van der Waals surface area contributed by atoms with Crippen LogP contribution in [0.2, 0.25) is 0 Å². The molecule has 0 atom stereocenters. The minimum atomic E-state index is -3.51. The molecule has 0 aromatic heterocycles. The Morgan fingerprint density at radius 3 is 2.55 bits per heavy atom. The maximum absolute atomic E-state index is 12.3. The zero-order valence-electron chi connectivity index (χ0n) is 12.1. The highest BCUT2D eigenvalue weighted by atomic mass is 79.9. The lowest BCUT2D eigenvalue weighted by Crippen LogP contribution is -2.27. The Hall–Kier alpha value is -0.470. The predicted molar refractivity (Wildman–Crippen MR) is 85.1 cm³/mol. The van der Waals surface area contributed by atoms with Crippen LogP contribution in [0.4, 0.5) is 0 Å². The molecule has 1 aromatic carbocycles. The number of hydrogen-bond acceptors (Lipinski definition) is 4. The van der Waals surface area contributed by atoms with Gasteiger partial charge in [-0.1, -0.05) is 6.07 Å². The fourth-order valence-electron chi connectivity index (χ4n) is 1.80. The summed E-state index contributed by atoms with van der Waals surface area (Å²) in [6.45, 7) is 3.43. The molecule has 1 aromatic rings. The predicted octanol–water partition coefficient (Wildman–Crippen LogP) is 1.45. The first kappa shape index (κ1) is 17.6. The van der Waals surface area contributed by atoms with Crippen molar-refractivity contribution in [3.05, 3.63) is 27.7 Å². The number of nitrogens with one attached hydrogen (secondary N) is 1. The van der Waals surface area contributed by atoms with E-state index in [0.29, 0.717) is 17.6 Å². The van der Waals surface area contributed by atoms with Gasteiger partial charge in [0.2, 0.25) is 10.0 Å². The highest BCUT2D eigenvalue weighted by Gasteiger charge is 2.19. The lowest BCUT2D eigenvalue weighted by molar-refractivity contribution is 0.400. The van der Waals surface area contributed by atoms with Crippen LogP contribution >= 0.6 is 15.9 Å². The van der Waals surface area contributed by atoms with E-state index in [4.69, 9.17) is 5.73 Å². The third-order valence-electron chi connectivity index (χ3n) is 2.88. The van der Waals surface area contributed by atoms with Crippen LogP contribution in [0.25, 0.3) is 0 Å². The zero-order chi connectivity index (χ0) is 15.3. The summed E-state index contributed by atoms with van der Waals surface area (Å²) in [6.07, 6.45) is 0.763. The van der Waals surface area contributed by atoms with Gasteiger partial charge in [-0.3, -0.25) is 0 Å². The van der Waals surface area contributed by atoms with Gasteiger partial charge in [0.15, 0.2) is 0 Å². The van der Waals surface area contributed by atoms with E-state index in [0.717, 1.165) is 24.1 Å². The molecule has 0 aliphatic rings. The Morgan fingerprint density at radius 2 is 2.00 bits per heavy atom. The van der Waals surface area contributed by atoms with Crippen LogP contribution in [-0.2, 0) is 16.6 Å². The number of halogens is 1. The summed E-state index contributed by atoms with van der Waals surface area (Å²) in [5.41, 5.74) is 7.27. The first-order chi connectivity index (χ1) is 9.27. The van der Waals surface area contributed by atoms with Crippen LogP contribution < -0.4 is 10.5 Å². The fraction of sp³-hybridized carbons (Fsp3) is 0.538. The Labute approximate surface area is 129 Å². The van der Waals surface area contributed by atoms with Gasteiger partial charge in [-0.05, 0) is 67.1 Å². The minimum absolute atomic E-state index is 0.253. The van der Waals surface area contributed by atoms with Crippen molar-refractivity contribution in [3.63, 3.8) is 0 Å². The standard InChI is InChI=1S/C13H22BrN3O2S/c1-10-7-11(9-15)8-12(13(10)14)20(18,19)16-5-4-6-17(2)3/h7-8,16H,4-6,9,15H2,1-3H3. The van der Waals surface area contributed by atoms with Gasteiger partial charge in [0.25, 0.3) is 0 Å². The number of rotatable bonds is 7. The van der Waals surface area contributed by atoms with Crippen molar-refractivity contribution in [2.45, 2.75) is 24.8 Å². The maximum atomic E-state index is 12.3. The van der Waals surface area contributed by atoms with E-state index in [2.05, 4.69) is 20.7 Å². The third-order valence-corrected chi connectivity index (χ3v) is 5.68. The van der Waals surface area contributed by atoms with E-state index in [-0.39, 0.29) is 4.90 Å². The molecular formula is C13H22BrN3O2S. The van der Waals surface area contributed by atoms with Crippen molar-refractivity contribution in [3.8, 4) is 0 Å². The quantitative estimate of drug-likeness (QED) is 0.718. The average Bonchev–Trinajstić information content (AvgIpc) is 2.37. The molecule has 0 radical (unpaired) electrons. The first-order valence-corrected chi connectivity index (χ1v) is 8.69. The molecule has 0 unspecified atom stereocenters. The van der Waals surface area contributed by atoms with Crippen molar-refractivity contribution < 1.29 is 8.42 Å². The second kappa shape index (κ2) is 7.51. The van der Waals surface area contributed by atoms with Gasteiger partial charge in [0.1, 0.15) is 0 Å². The lowest BCUT2D eigenvalue weighted by atomic mass is 10.1. The second-order valence-electron chi connectivity index (χ2n) is 4.98. The van der Waals surface area contributed by atoms with Crippen molar-refractivity contribution in [1.82, 2.24) is 9.62 Å². The third kappa shape index (κ3) is 4.82. The molecule has 5 nitrogen and oxygen atoms in total. The van der Waals surface area contributed by atoms with E-state index in [1.165, 1.54) is 0 Å². The van der Waals surface area contributed by atoms with E-state index in [9.17, 15) is 8.42 Å². The molecule has 0 heterocycles. The monoisotopic (exact) mass is 363 g/mol. The smallest absolute Gasteiger partial charge is 0.241 e. The molecule has 20 heavy (non-hydrogen) atoms. The molecule has 7 heteroatoms. The Morgan fingerprint density at radius 1 is 1.35 bits per heavy atom. The topological polar surface area (TPSA) is 75.4 Å². The summed E-state index contributed by atoms with van der Waals surface area (Å²) in [7, 11) is 0.400. The van der Waals surface area contributed by atoms with Gasteiger partial charge in [0, 0.05) is 17.6 Å². The highest BCUT2D eigenvalue weighted by Crippen LogP contribution is 2.27. The van der Waals surface area contributed by atoms with Crippen LogP contribution in [0.1, 0.15) is 17.5 Å². The molecule has 114 valence electrons. The number of aryl methyl sites for hydroxylation is 1. The fourth-order valence-corrected chi connectivity index (χ4v) is 3.94. The number of hydrogen-bond donors (Lipinski definition) is 2. The SMILES string of the molecule is Cc1cc(CN)cc(S(=O)(=O)NCCCN(C)C)c1Br. The van der Waals surface area contributed by atoms with Gasteiger partial charge in [0.05, 0.1) is 4.90 Å². The van der Waals surface area contributed by atoms with Crippen molar-refractivity contribution in [2.24, 2.45) is 5.73 Å². The Balaban J connectivity index is 2.89. The molecule has 0 aliphatic carbocycles. The summed E-state index contributed by atoms with van der Waals surface area (Å²) in [5, 5.41) is 0. The van der Waals surface area contributed by atoms with Gasteiger partial charge in [-0.15, -0.1) is 0 Å². The molecule has 1 rings (SSSR count). The molecule has 3 N–H and O–H groups in total. The van der Waals surface area contributed by atoms with Crippen molar-refractivity contribution in [1.29, 1.82) is 0 Å². The maximum Gasteiger partial charge on any atom is 0.241 e. The number of benzene rings is 1. The van der Waals surface area contributed by atoms with Crippen LogP contribution in [0.15, 0.2) is 21.5 Å². The van der Waals surface area contributed by atoms with Crippen LogP contribution in [0.3, 0.4) is 0 Å². The summed E-state index contributed by atoms with van der Waals surface area (Å²) in [6, 6.07) is 3.50. The molecule has 0 bridgehead atoms. The molecule has 0 amide bonds. The molecule has 0 aliphatic heterocycles. The summed E-state index contributed by atoms with van der Waals surface area (Å²) >= 11 is 3.34. The second-order valence-corrected chi connectivity index (χ2v) is 7.51. The average molecular weight is 364 g/mol. The normalized spacial score (nSPS) is 12.1. The first-order valence-electron chi connectivity index (χ1n) is 6.41. The highest BCUT2D eigenvalue weighted by molar-refractivity contribution is 9.10. The van der Waals surface area contributed by atoms with Gasteiger partial charge < -0.3 is 10.6 Å². The summed E-state index contributed by atoms with van der Waals surface area (Å²) in [4.78, 5) is 2.27. The lowest BCUT2D eigenvalue weighted by Gasteiger charge is -2.13. The molecule has 0 saturated heterocycles. The van der Waals surface area contributed by atoms with Gasteiger partial charge in [-0.2, -0.15) is 0 Å². The van der Waals surface area contributed by atoms with Gasteiger partial charge in [-0.25, -0.2) is 13.1 Å². The summed E-state index contributed by atoms with van der Waals surface area (Å²) < 4.78 is 27.9. The van der Waals surface area contributed by atoms with E-state index < -0.39 is 10.0 Å². The minimum Gasteiger partial charge on any atom is -0.326 e. The molecule has 0 spiro atoms. The van der Waals surface area contributed by atoms with E-state index in [1.807, 2.05) is 32.0 Å². The van der Waals surface area contributed by atoms with Gasteiger partial charge >= 0.3 is 0 Å². The largest absolute Gasteiger partial charge is 0.326 e. The van der Waals surface area contributed by atoms with Crippen LogP contribution in [-0.4, -0.2) is 40.5 Å². The zero-order valence-corrected chi connectivity index (χ0v) is 14.5. The summed E-state index contributed by atoms with van der Waals surface area (Å²) in [5.74, 6) is 0. The van der Waals surface area contributed by atoms with Crippen LogP contribution in [0.5, 0.6) is 0 Å². The molecule has 0 saturated carbocycles. The van der Waals surface area contributed by atoms with Crippen molar-refractivity contribution >= 4 is 26.0 Å². The molecule has 0 fully saturated rings. The van der Waals surface area contributed by atoms with E-state index >= 15 is 0 Å². The van der Waals surface area contributed by atoms with Crippen LogP contribution in [0, 0.1) is 6.92 Å². The molecular weight excluding hydrogens is 342 g/mol. The number of sulfonamides is 1. The Bertz CT molecular complexity index is 559. The number of nitrogens with zero attached hydrogens (tertiary/aromatic N) is 1. The Kier molecular flexibility index (Phi) is 6.60. The number of nitrogens with two attached hydrogens (primary N) is 1.